The lowest BCUT2D eigenvalue weighted by molar-refractivity contribution is 0.136. The van der Waals surface area contributed by atoms with Crippen molar-refractivity contribution in [3.63, 3.8) is 0 Å². The Kier molecular flexibility index (Phi) is 3.09. The summed E-state index contributed by atoms with van der Waals surface area (Å²) in [5, 5.41) is 4.13. The third kappa shape index (κ3) is 1.93. The minimum absolute atomic E-state index is 0.0251. The number of rotatable bonds is 3. The van der Waals surface area contributed by atoms with Crippen molar-refractivity contribution < 1.29 is 4.74 Å². The summed E-state index contributed by atoms with van der Waals surface area (Å²) in [6.45, 7) is 5.65. The maximum atomic E-state index is 5.51. The normalized spacial score (nSPS) is 37.5. The number of fused-ring (bicyclic) bond motifs is 9. The van der Waals surface area contributed by atoms with E-state index in [0.29, 0.717) is 5.41 Å². The van der Waals surface area contributed by atoms with Gasteiger partial charge in [0.05, 0.1) is 5.54 Å². The van der Waals surface area contributed by atoms with Crippen LogP contribution in [0.5, 0.6) is 0 Å². The number of nitrogens with one attached hydrogen (secondary N) is 1. The Hall–Kier alpha value is -1.64. The fourth-order valence-electron chi connectivity index (χ4n) is 5.82. The lowest BCUT2D eigenvalue weighted by atomic mass is 9.77. The quantitative estimate of drug-likeness (QED) is 0.895. The predicted octanol–water partition coefficient (Wildman–Crippen LogP) is 4.47. The number of ether oxygens (including phenoxy) is 1. The van der Waals surface area contributed by atoms with Crippen molar-refractivity contribution in [1.82, 2.24) is 5.32 Å². The van der Waals surface area contributed by atoms with Crippen LogP contribution in [0.4, 0.5) is 0 Å². The van der Waals surface area contributed by atoms with Crippen LogP contribution in [0.3, 0.4) is 0 Å². The first-order chi connectivity index (χ1) is 12.0. The Morgan fingerprint density at radius 3 is 2.20 bits per heavy atom. The molecule has 0 unspecified atom stereocenters. The van der Waals surface area contributed by atoms with Gasteiger partial charge >= 0.3 is 0 Å². The molecule has 2 bridgehead atoms. The Labute approximate surface area is 150 Å². The van der Waals surface area contributed by atoms with E-state index in [0.717, 1.165) is 18.9 Å². The summed E-state index contributed by atoms with van der Waals surface area (Å²) in [4.78, 5) is 0. The summed E-state index contributed by atoms with van der Waals surface area (Å²) in [6, 6.07) is 18.2. The third-order valence-corrected chi connectivity index (χ3v) is 7.29. The molecule has 4 atom stereocenters. The van der Waals surface area contributed by atoms with Crippen LogP contribution < -0.4 is 5.32 Å². The SMILES string of the molecule is COCC[C@@]12C[C@H]3C[C@@]3(C)c3ccccc3[C@@](C)(N1)c1ccccc12. The number of hydrogen-bond donors (Lipinski definition) is 1. The van der Waals surface area contributed by atoms with Crippen molar-refractivity contribution in [1.29, 1.82) is 0 Å². The highest BCUT2D eigenvalue weighted by Crippen LogP contribution is 2.64. The van der Waals surface area contributed by atoms with Gasteiger partial charge in [0, 0.05) is 19.3 Å². The Morgan fingerprint density at radius 1 is 0.920 bits per heavy atom. The minimum atomic E-state index is -0.127. The summed E-state index contributed by atoms with van der Waals surface area (Å²) in [6.07, 6.45) is 3.54. The number of hydrogen-bond acceptors (Lipinski definition) is 2. The van der Waals surface area contributed by atoms with E-state index in [-0.39, 0.29) is 11.1 Å². The third-order valence-electron chi connectivity index (χ3n) is 7.29. The summed E-state index contributed by atoms with van der Waals surface area (Å²) in [5.41, 5.74) is 6.18. The zero-order valence-electron chi connectivity index (χ0n) is 15.4. The van der Waals surface area contributed by atoms with E-state index < -0.39 is 0 Å². The Morgan fingerprint density at radius 2 is 1.52 bits per heavy atom. The number of methoxy groups -OCH3 is 1. The smallest absolute Gasteiger partial charge is 0.0675 e. The first-order valence-electron chi connectivity index (χ1n) is 9.52. The van der Waals surface area contributed by atoms with Crippen molar-refractivity contribution in [3.05, 3.63) is 70.8 Å². The summed E-state index contributed by atoms with van der Waals surface area (Å²) < 4.78 is 5.51. The maximum Gasteiger partial charge on any atom is 0.0675 e. The molecule has 2 heterocycles. The molecular formula is C23H27NO. The highest BCUT2D eigenvalue weighted by molar-refractivity contribution is 5.56. The predicted molar refractivity (Wildman–Crippen MR) is 101 cm³/mol. The topological polar surface area (TPSA) is 21.3 Å². The fourth-order valence-corrected chi connectivity index (χ4v) is 5.82. The molecule has 25 heavy (non-hydrogen) atoms. The van der Waals surface area contributed by atoms with E-state index in [1.54, 1.807) is 5.56 Å². The molecule has 0 aromatic heterocycles. The van der Waals surface area contributed by atoms with Crippen molar-refractivity contribution in [2.24, 2.45) is 5.92 Å². The molecule has 0 spiro atoms. The Bertz CT molecular complexity index is 845. The van der Waals surface area contributed by atoms with Crippen LogP contribution in [0.1, 0.15) is 55.4 Å². The Balaban J connectivity index is 1.78. The van der Waals surface area contributed by atoms with Gasteiger partial charge in [0.2, 0.25) is 0 Å². The van der Waals surface area contributed by atoms with Crippen LogP contribution >= 0.6 is 0 Å². The van der Waals surface area contributed by atoms with Crippen molar-refractivity contribution in [2.45, 2.75) is 49.6 Å². The van der Waals surface area contributed by atoms with E-state index in [1.807, 2.05) is 7.11 Å². The average Bonchev–Trinajstić information content (AvgIpc) is 3.20. The zero-order valence-corrected chi connectivity index (χ0v) is 15.4. The van der Waals surface area contributed by atoms with Gasteiger partial charge < -0.3 is 4.74 Å². The van der Waals surface area contributed by atoms with Gasteiger partial charge in [-0.25, -0.2) is 0 Å². The second kappa shape index (κ2) is 4.96. The molecule has 130 valence electrons. The van der Waals surface area contributed by atoms with E-state index in [9.17, 15) is 0 Å². The van der Waals surface area contributed by atoms with E-state index in [1.165, 1.54) is 29.5 Å². The van der Waals surface area contributed by atoms with Gasteiger partial charge in [-0.2, -0.15) is 0 Å². The van der Waals surface area contributed by atoms with E-state index >= 15 is 0 Å². The van der Waals surface area contributed by atoms with Crippen molar-refractivity contribution in [2.75, 3.05) is 13.7 Å². The molecular weight excluding hydrogens is 306 g/mol. The molecule has 1 N–H and O–H groups in total. The van der Waals surface area contributed by atoms with Gasteiger partial charge in [-0.3, -0.25) is 5.32 Å². The largest absolute Gasteiger partial charge is 0.385 e. The van der Waals surface area contributed by atoms with Crippen LogP contribution in [0.2, 0.25) is 0 Å². The lowest BCUT2D eigenvalue weighted by Crippen LogP contribution is -2.49. The maximum absolute atomic E-state index is 5.51. The van der Waals surface area contributed by atoms with Gasteiger partial charge in [0.15, 0.2) is 0 Å². The first kappa shape index (κ1) is 15.6. The monoisotopic (exact) mass is 333 g/mol. The molecule has 2 aromatic carbocycles. The van der Waals surface area contributed by atoms with E-state index in [2.05, 4.69) is 67.7 Å². The van der Waals surface area contributed by atoms with Gasteiger partial charge in [0.25, 0.3) is 0 Å². The van der Waals surface area contributed by atoms with Gasteiger partial charge in [0.1, 0.15) is 0 Å². The molecule has 0 radical (unpaired) electrons. The van der Waals surface area contributed by atoms with Gasteiger partial charge in [-0.15, -0.1) is 0 Å². The minimum Gasteiger partial charge on any atom is -0.385 e. The van der Waals surface area contributed by atoms with Crippen LogP contribution in [0.25, 0.3) is 0 Å². The fraction of sp³-hybridized carbons (Fsp3) is 0.478. The summed E-state index contributed by atoms with van der Waals surface area (Å²) in [5.74, 6) is 0.744. The van der Waals surface area contributed by atoms with Crippen LogP contribution in [0, 0.1) is 5.92 Å². The molecule has 1 saturated carbocycles. The molecule has 3 aliphatic rings. The first-order valence-corrected chi connectivity index (χ1v) is 9.52. The summed E-state index contributed by atoms with van der Waals surface area (Å²) >= 11 is 0. The lowest BCUT2D eigenvalue weighted by Gasteiger charge is -2.40. The second-order valence-corrected chi connectivity index (χ2v) is 8.69. The molecule has 2 aromatic rings. The molecule has 5 rings (SSSR count). The number of benzene rings is 2. The molecule has 0 amide bonds. The molecule has 2 aliphatic heterocycles. The van der Waals surface area contributed by atoms with Crippen molar-refractivity contribution >= 4 is 0 Å². The van der Waals surface area contributed by atoms with Gasteiger partial charge in [-0.05, 0) is 59.8 Å². The molecule has 1 aliphatic carbocycles. The standard InChI is InChI=1S/C23H27NO/c1-21-14-16(21)15-23(12-13-25-3)20-11-7-6-10-19(20)22(2,24-23)18-9-5-4-8-17(18)21/h4-11,16,24H,12-15H2,1-3H3/t16-,21-,22-,23+/m1/s1. The zero-order chi connectivity index (χ0) is 17.3. The second-order valence-electron chi connectivity index (χ2n) is 8.69. The average molecular weight is 333 g/mol. The van der Waals surface area contributed by atoms with Gasteiger partial charge in [-0.1, -0.05) is 55.5 Å². The van der Waals surface area contributed by atoms with Crippen LogP contribution in [-0.4, -0.2) is 13.7 Å². The van der Waals surface area contributed by atoms with Crippen molar-refractivity contribution in [3.8, 4) is 0 Å². The van der Waals surface area contributed by atoms with Crippen LogP contribution in [-0.2, 0) is 21.2 Å². The highest BCUT2D eigenvalue weighted by Gasteiger charge is 2.61. The molecule has 2 heteroatoms. The van der Waals surface area contributed by atoms with Crippen LogP contribution in [0.15, 0.2) is 48.5 Å². The summed E-state index contributed by atoms with van der Waals surface area (Å²) in [7, 11) is 1.82. The molecule has 1 fully saturated rings. The highest BCUT2D eigenvalue weighted by atomic mass is 16.5. The van der Waals surface area contributed by atoms with E-state index in [4.69, 9.17) is 4.74 Å². The molecule has 0 saturated heterocycles. The molecule has 2 nitrogen and oxygen atoms in total.